The van der Waals surface area contributed by atoms with Gasteiger partial charge < -0.3 is 20.1 Å². The molecule has 2 amide bonds. The summed E-state index contributed by atoms with van der Waals surface area (Å²) in [6.07, 6.45) is 0.0844. The van der Waals surface area contributed by atoms with Crippen LogP contribution in [0, 0.1) is 5.41 Å². The SMILES string of the molecule is NC(=O)C12CCN(C(=O)OCc3ccccc3)C(CN(Cc3ccccc3)C1C(=O)OCc1ccccc1)C2. The van der Waals surface area contributed by atoms with Gasteiger partial charge in [-0.2, -0.15) is 0 Å². The standard InChI is InChI=1S/C31H33N3O5/c32-29(36)31-16-17-34(30(37)39-22-25-14-8-3-9-15-25)26(18-31)20-33(19-23-10-4-1-5-11-23)27(31)28(35)38-21-24-12-6-2-7-13-24/h1-15,26-27H,16-22H2,(H2,32,36). The molecule has 2 aliphatic heterocycles. The molecule has 0 spiro atoms. The molecule has 8 nitrogen and oxygen atoms in total. The molecule has 3 aromatic carbocycles. The van der Waals surface area contributed by atoms with Crippen molar-refractivity contribution in [2.75, 3.05) is 13.1 Å². The molecule has 2 aliphatic rings. The van der Waals surface area contributed by atoms with Crippen molar-refractivity contribution >= 4 is 18.0 Å². The van der Waals surface area contributed by atoms with Crippen LogP contribution in [0.2, 0.25) is 0 Å². The second-order valence-electron chi connectivity index (χ2n) is 10.3. The highest BCUT2D eigenvalue weighted by Gasteiger charge is 2.59. The van der Waals surface area contributed by atoms with Crippen molar-refractivity contribution in [1.29, 1.82) is 0 Å². The summed E-state index contributed by atoms with van der Waals surface area (Å²) in [5.74, 6) is -1.03. The van der Waals surface area contributed by atoms with E-state index in [4.69, 9.17) is 15.2 Å². The van der Waals surface area contributed by atoms with E-state index in [9.17, 15) is 14.4 Å². The van der Waals surface area contributed by atoms with E-state index in [1.807, 2.05) is 95.9 Å². The van der Waals surface area contributed by atoms with Gasteiger partial charge in [0.15, 0.2) is 0 Å². The fourth-order valence-electron chi connectivity index (χ4n) is 5.83. The average Bonchev–Trinajstić information content (AvgIpc) is 2.96. The molecule has 0 aromatic heterocycles. The van der Waals surface area contributed by atoms with Crippen LogP contribution in [-0.4, -0.2) is 52.9 Å². The first-order valence-corrected chi connectivity index (χ1v) is 13.2. The number of piperidine rings is 2. The average molecular weight is 528 g/mol. The summed E-state index contributed by atoms with van der Waals surface area (Å²) < 4.78 is 11.4. The molecule has 3 aromatic rings. The highest BCUT2D eigenvalue weighted by Crippen LogP contribution is 2.45. The van der Waals surface area contributed by atoms with Crippen LogP contribution in [0.25, 0.3) is 0 Å². The minimum Gasteiger partial charge on any atom is -0.460 e. The molecular weight excluding hydrogens is 494 g/mol. The summed E-state index contributed by atoms with van der Waals surface area (Å²) in [7, 11) is 0. The van der Waals surface area contributed by atoms with Gasteiger partial charge in [-0.15, -0.1) is 0 Å². The Morgan fingerprint density at radius 3 is 1.90 bits per heavy atom. The van der Waals surface area contributed by atoms with Gasteiger partial charge in [-0.25, -0.2) is 4.79 Å². The lowest BCUT2D eigenvalue weighted by atomic mass is 9.66. The molecule has 2 bridgehead atoms. The zero-order valence-electron chi connectivity index (χ0n) is 21.8. The van der Waals surface area contributed by atoms with Crippen LogP contribution in [0.15, 0.2) is 91.0 Å². The molecule has 2 fully saturated rings. The van der Waals surface area contributed by atoms with Crippen LogP contribution < -0.4 is 5.73 Å². The van der Waals surface area contributed by atoms with Crippen molar-refractivity contribution in [3.63, 3.8) is 0 Å². The molecule has 2 saturated heterocycles. The minimum absolute atomic E-state index is 0.103. The Kier molecular flexibility index (Phi) is 7.93. The number of hydrogen-bond acceptors (Lipinski definition) is 6. The molecule has 0 aliphatic carbocycles. The van der Waals surface area contributed by atoms with E-state index in [-0.39, 0.29) is 38.6 Å². The summed E-state index contributed by atoms with van der Waals surface area (Å²) in [6.45, 7) is 1.32. The van der Waals surface area contributed by atoms with Crippen LogP contribution in [-0.2, 0) is 38.8 Å². The van der Waals surface area contributed by atoms with Crippen molar-refractivity contribution in [1.82, 2.24) is 9.80 Å². The van der Waals surface area contributed by atoms with Crippen molar-refractivity contribution in [3.8, 4) is 0 Å². The third kappa shape index (κ3) is 5.81. The molecule has 0 saturated carbocycles. The lowest BCUT2D eigenvalue weighted by Gasteiger charge is -2.55. The van der Waals surface area contributed by atoms with E-state index in [0.717, 1.165) is 16.7 Å². The van der Waals surface area contributed by atoms with Crippen molar-refractivity contribution in [3.05, 3.63) is 108 Å². The minimum atomic E-state index is -1.17. The summed E-state index contributed by atoms with van der Waals surface area (Å²) in [4.78, 5) is 43.6. The molecular formula is C31H33N3O5. The zero-order chi connectivity index (χ0) is 27.2. The topological polar surface area (TPSA) is 102 Å². The maximum absolute atomic E-state index is 13.7. The number of amides is 2. The predicted octanol–water partition coefficient (Wildman–Crippen LogP) is 3.89. The first-order chi connectivity index (χ1) is 19.0. The highest BCUT2D eigenvalue weighted by molar-refractivity contribution is 5.91. The van der Waals surface area contributed by atoms with Gasteiger partial charge in [0, 0.05) is 25.7 Å². The number of carbonyl (C=O) groups is 3. The number of nitrogens with zero attached hydrogens (tertiary/aromatic N) is 2. The molecule has 0 radical (unpaired) electrons. The number of nitrogens with two attached hydrogens (primary N) is 1. The lowest BCUT2D eigenvalue weighted by molar-refractivity contribution is -0.173. The maximum atomic E-state index is 13.7. The summed E-state index contributed by atoms with van der Waals surface area (Å²) in [5, 5.41) is 0. The number of fused-ring (bicyclic) bond motifs is 2. The van der Waals surface area contributed by atoms with Crippen molar-refractivity contribution in [2.45, 2.75) is 44.7 Å². The molecule has 5 rings (SSSR count). The quantitative estimate of drug-likeness (QED) is 0.446. The van der Waals surface area contributed by atoms with Gasteiger partial charge in [-0.3, -0.25) is 14.5 Å². The van der Waals surface area contributed by atoms with Gasteiger partial charge in [0.2, 0.25) is 5.91 Å². The number of rotatable bonds is 8. The first-order valence-electron chi connectivity index (χ1n) is 13.2. The van der Waals surface area contributed by atoms with Gasteiger partial charge in [-0.05, 0) is 29.5 Å². The molecule has 2 N–H and O–H groups in total. The molecule has 3 unspecified atom stereocenters. The van der Waals surface area contributed by atoms with Crippen molar-refractivity contribution < 1.29 is 23.9 Å². The fourth-order valence-corrected chi connectivity index (χ4v) is 5.83. The van der Waals surface area contributed by atoms with E-state index in [2.05, 4.69) is 0 Å². The number of hydrogen-bond donors (Lipinski definition) is 1. The Morgan fingerprint density at radius 2 is 1.33 bits per heavy atom. The number of benzene rings is 3. The largest absolute Gasteiger partial charge is 0.460 e. The number of ether oxygens (including phenoxy) is 2. The van der Waals surface area contributed by atoms with Crippen LogP contribution in [0.3, 0.4) is 0 Å². The van der Waals surface area contributed by atoms with Crippen LogP contribution in [0.4, 0.5) is 4.79 Å². The predicted molar refractivity (Wildman–Crippen MR) is 145 cm³/mol. The van der Waals surface area contributed by atoms with E-state index in [0.29, 0.717) is 13.1 Å². The van der Waals surface area contributed by atoms with E-state index in [1.54, 1.807) is 4.90 Å². The van der Waals surface area contributed by atoms with E-state index in [1.165, 1.54) is 0 Å². The molecule has 2 heterocycles. The van der Waals surface area contributed by atoms with Gasteiger partial charge in [0.25, 0.3) is 0 Å². The van der Waals surface area contributed by atoms with E-state index < -0.39 is 29.4 Å². The second-order valence-corrected chi connectivity index (χ2v) is 10.3. The summed E-state index contributed by atoms with van der Waals surface area (Å²) >= 11 is 0. The Bertz CT molecular complexity index is 1290. The Labute approximate surface area is 228 Å². The van der Waals surface area contributed by atoms with Gasteiger partial charge in [-0.1, -0.05) is 91.0 Å². The Hall–Kier alpha value is -4.17. The smallest absolute Gasteiger partial charge is 0.410 e. The van der Waals surface area contributed by atoms with Gasteiger partial charge in [0.05, 0.1) is 5.41 Å². The van der Waals surface area contributed by atoms with Crippen LogP contribution >= 0.6 is 0 Å². The summed E-state index contributed by atoms with van der Waals surface area (Å²) in [5.41, 5.74) is 7.62. The third-order valence-electron chi connectivity index (χ3n) is 7.78. The second kappa shape index (κ2) is 11.7. The number of carbonyl (C=O) groups excluding carboxylic acids is 3. The van der Waals surface area contributed by atoms with Crippen LogP contribution in [0.1, 0.15) is 29.5 Å². The fraction of sp³-hybridized carbons (Fsp3) is 0.323. The van der Waals surface area contributed by atoms with E-state index >= 15 is 0 Å². The van der Waals surface area contributed by atoms with Gasteiger partial charge in [0.1, 0.15) is 19.3 Å². The summed E-state index contributed by atoms with van der Waals surface area (Å²) in [6, 6.07) is 27.5. The first kappa shape index (κ1) is 26.4. The maximum Gasteiger partial charge on any atom is 0.410 e. The Balaban J connectivity index is 1.39. The lowest BCUT2D eigenvalue weighted by Crippen LogP contribution is -2.70. The molecule has 8 heteroatoms. The van der Waals surface area contributed by atoms with Gasteiger partial charge >= 0.3 is 12.1 Å². The number of primary amides is 1. The monoisotopic (exact) mass is 527 g/mol. The number of likely N-dealkylation sites (tertiary alicyclic amines) is 2. The zero-order valence-corrected chi connectivity index (χ0v) is 21.8. The van der Waals surface area contributed by atoms with Crippen molar-refractivity contribution in [2.24, 2.45) is 11.1 Å². The molecule has 39 heavy (non-hydrogen) atoms. The normalized spacial score (nSPS) is 22.6. The molecule has 3 atom stereocenters. The molecule has 202 valence electrons. The van der Waals surface area contributed by atoms with Crippen LogP contribution in [0.5, 0.6) is 0 Å². The Morgan fingerprint density at radius 1 is 0.795 bits per heavy atom. The number of esters is 1. The third-order valence-corrected chi connectivity index (χ3v) is 7.78. The highest BCUT2D eigenvalue weighted by atomic mass is 16.6.